The topological polar surface area (TPSA) is 102 Å². The van der Waals surface area contributed by atoms with Crippen molar-refractivity contribution in [2.24, 2.45) is 0 Å². The van der Waals surface area contributed by atoms with Crippen LogP contribution in [0.5, 0.6) is 0 Å². The molecule has 0 saturated carbocycles. The number of anilines is 1. The Balaban J connectivity index is 2.19. The van der Waals surface area contributed by atoms with Crippen molar-refractivity contribution in [3.05, 3.63) is 41.2 Å². The summed E-state index contributed by atoms with van der Waals surface area (Å²) in [5.74, 6) is -1.73. The maximum atomic E-state index is 14.3. The van der Waals surface area contributed by atoms with Crippen LogP contribution in [0.15, 0.2) is 29.8 Å². The summed E-state index contributed by atoms with van der Waals surface area (Å²) in [6, 6.07) is 3.94. The third-order valence-corrected chi connectivity index (χ3v) is 6.04. The maximum absolute atomic E-state index is 14.3. The number of allylic oxidation sites excluding steroid dienone is 1. The molecule has 1 aliphatic rings. The molecule has 1 aliphatic carbocycles. The molecule has 1 aromatic rings. The number of rotatable bonds is 7. The van der Waals surface area contributed by atoms with Gasteiger partial charge in [0.25, 0.3) is 0 Å². The second kappa shape index (κ2) is 9.23. The van der Waals surface area contributed by atoms with E-state index in [0.29, 0.717) is 18.4 Å². The molecule has 1 atom stereocenters. The lowest BCUT2D eigenvalue weighted by molar-refractivity contribution is -0.129. The first-order valence-electron chi connectivity index (χ1n) is 8.24. The summed E-state index contributed by atoms with van der Waals surface area (Å²) < 4.78 is 46.9. The van der Waals surface area contributed by atoms with E-state index < -0.39 is 27.1 Å². The van der Waals surface area contributed by atoms with E-state index in [2.05, 4.69) is 10.0 Å². The lowest BCUT2D eigenvalue weighted by Crippen LogP contribution is -2.34. The fourth-order valence-electron chi connectivity index (χ4n) is 2.71. The van der Waals surface area contributed by atoms with Crippen LogP contribution in [0.2, 0.25) is 0 Å². The Morgan fingerprint density at radius 1 is 1.37 bits per heavy atom. The van der Waals surface area contributed by atoms with E-state index in [-0.39, 0.29) is 30.1 Å². The molecule has 2 N–H and O–H groups in total. The van der Waals surface area contributed by atoms with E-state index >= 15 is 0 Å². The van der Waals surface area contributed by atoms with Gasteiger partial charge in [0.05, 0.1) is 23.3 Å². The largest absolute Gasteiger partial charge is 0.388 e. The van der Waals surface area contributed by atoms with Gasteiger partial charge in [-0.2, -0.15) is 0 Å². The highest BCUT2D eigenvalue weighted by Crippen LogP contribution is 2.29. The van der Waals surface area contributed by atoms with Gasteiger partial charge < -0.3 is 9.50 Å². The summed E-state index contributed by atoms with van der Waals surface area (Å²) in [4.78, 5) is 23.0. The van der Waals surface area contributed by atoms with Crippen LogP contribution in [0.4, 0.5) is 10.1 Å². The smallest absolute Gasteiger partial charge is 0.347 e. The number of amides is 1. The van der Waals surface area contributed by atoms with E-state index in [1.54, 1.807) is 12.3 Å². The normalized spacial score (nSPS) is 17.0. The summed E-state index contributed by atoms with van der Waals surface area (Å²) >= 11 is 0.835. The van der Waals surface area contributed by atoms with Gasteiger partial charge in [0.15, 0.2) is 0 Å². The number of benzene rings is 1. The van der Waals surface area contributed by atoms with Gasteiger partial charge in [-0.05, 0) is 37.0 Å². The van der Waals surface area contributed by atoms with Crippen molar-refractivity contribution < 1.29 is 26.6 Å². The molecule has 0 bridgehead atoms. The second-order valence-corrected chi connectivity index (χ2v) is 8.35. The van der Waals surface area contributed by atoms with Crippen molar-refractivity contribution in [2.45, 2.75) is 38.0 Å². The SMILES string of the molecule is CSOC(=O)C1=CCCCC1S(=O)(=O)Nc1ccc(CNC(C)=O)cc1F. The third kappa shape index (κ3) is 5.70. The zero-order valence-electron chi connectivity index (χ0n) is 15.0. The van der Waals surface area contributed by atoms with Crippen LogP contribution < -0.4 is 10.0 Å². The molecule has 0 spiro atoms. The van der Waals surface area contributed by atoms with Gasteiger partial charge in [-0.15, -0.1) is 0 Å². The average Bonchev–Trinajstić information content (AvgIpc) is 2.62. The number of carbonyl (C=O) groups excluding carboxylic acids is 2. The summed E-state index contributed by atoms with van der Waals surface area (Å²) in [6.07, 6.45) is 4.53. The average molecular weight is 416 g/mol. The first kappa shape index (κ1) is 21.2. The fourth-order valence-corrected chi connectivity index (χ4v) is 4.58. The summed E-state index contributed by atoms with van der Waals surface area (Å²) in [5.41, 5.74) is 0.336. The minimum Gasteiger partial charge on any atom is -0.388 e. The molecule has 10 heteroatoms. The zero-order valence-corrected chi connectivity index (χ0v) is 16.6. The Morgan fingerprint density at radius 2 is 2.11 bits per heavy atom. The summed E-state index contributed by atoms with van der Waals surface area (Å²) in [7, 11) is -4.05. The highest BCUT2D eigenvalue weighted by atomic mass is 32.2. The van der Waals surface area contributed by atoms with E-state index in [1.807, 2.05) is 0 Å². The van der Waals surface area contributed by atoms with Crippen LogP contribution in [0.25, 0.3) is 0 Å². The standard InChI is InChI=1S/C17H21FN2O5S2/c1-11(21)19-10-12-7-8-15(14(18)9-12)20-27(23,24)16-6-4-3-5-13(16)17(22)25-26-2/h5,7-9,16,20H,3-4,6,10H2,1-2H3,(H,19,21). The molecule has 7 nitrogen and oxygen atoms in total. The molecule has 1 amide bonds. The molecular formula is C17H21FN2O5S2. The van der Waals surface area contributed by atoms with Gasteiger partial charge in [0, 0.05) is 19.7 Å². The van der Waals surface area contributed by atoms with E-state index in [4.69, 9.17) is 4.18 Å². The Bertz CT molecular complexity index is 855. The van der Waals surface area contributed by atoms with Gasteiger partial charge in [0.1, 0.15) is 11.1 Å². The van der Waals surface area contributed by atoms with Crippen LogP contribution in [-0.2, 0) is 30.3 Å². The van der Waals surface area contributed by atoms with Crippen molar-refractivity contribution in [2.75, 3.05) is 11.0 Å². The van der Waals surface area contributed by atoms with Gasteiger partial charge in [-0.1, -0.05) is 12.1 Å². The number of sulfonamides is 1. The molecule has 27 heavy (non-hydrogen) atoms. The number of halogens is 1. The monoisotopic (exact) mass is 416 g/mol. The van der Waals surface area contributed by atoms with Crippen molar-refractivity contribution in [1.82, 2.24) is 5.32 Å². The molecular weight excluding hydrogens is 395 g/mol. The Hall–Kier alpha value is -2.07. The van der Waals surface area contributed by atoms with Gasteiger partial charge in [-0.25, -0.2) is 17.6 Å². The first-order chi connectivity index (χ1) is 12.7. The highest BCUT2D eigenvalue weighted by Gasteiger charge is 2.35. The Kier molecular flexibility index (Phi) is 7.25. The van der Waals surface area contributed by atoms with Crippen molar-refractivity contribution in [1.29, 1.82) is 0 Å². The molecule has 0 aliphatic heterocycles. The van der Waals surface area contributed by atoms with E-state index in [1.165, 1.54) is 19.1 Å². The Labute approximate surface area is 162 Å². The molecule has 0 heterocycles. The van der Waals surface area contributed by atoms with Crippen LogP contribution in [0.1, 0.15) is 31.7 Å². The van der Waals surface area contributed by atoms with Crippen LogP contribution in [-0.4, -0.2) is 31.8 Å². The van der Waals surface area contributed by atoms with Gasteiger partial charge >= 0.3 is 5.97 Å². The van der Waals surface area contributed by atoms with E-state index in [0.717, 1.165) is 18.1 Å². The molecule has 0 fully saturated rings. The predicted molar refractivity (Wildman–Crippen MR) is 102 cm³/mol. The molecule has 1 aromatic carbocycles. The lowest BCUT2D eigenvalue weighted by Gasteiger charge is -2.23. The summed E-state index contributed by atoms with van der Waals surface area (Å²) in [5, 5.41) is 1.43. The molecule has 1 unspecified atom stereocenters. The third-order valence-electron chi connectivity index (χ3n) is 3.98. The predicted octanol–water partition coefficient (Wildman–Crippen LogP) is 2.50. The number of hydrogen-bond donors (Lipinski definition) is 2. The molecule has 0 aromatic heterocycles. The maximum Gasteiger partial charge on any atom is 0.347 e. The lowest BCUT2D eigenvalue weighted by atomic mass is 9.99. The molecule has 148 valence electrons. The summed E-state index contributed by atoms with van der Waals surface area (Å²) in [6.45, 7) is 1.48. The second-order valence-electron chi connectivity index (χ2n) is 5.99. The minimum atomic E-state index is -4.05. The zero-order chi connectivity index (χ0) is 20.0. The number of carbonyl (C=O) groups is 2. The minimum absolute atomic E-state index is 0.0609. The van der Waals surface area contributed by atoms with Gasteiger partial charge in [0.2, 0.25) is 15.9 Å². The Morgan fingerprint density at radius 3 is 2.74 bits per heavy atom. The van der Waals surface area contributed by atoms with Crippen molar-refractivity contribution >= 4 is 39.6 Å². The molecule has 0 radical (unpaired) electrons. The molecule has 2 rings (SSSR count). The number of hydrogen-bond acceptors (Lipinski definition) is 6. The highest BCUT2D eigenvalue weighted by molar-refractivity contribution is 7.94. The fraction of sp³-hybridized carbons (Fsp3) is 0.412. The number of nitrogens with one attached hydrogen (secondary N) is 2. The van der Waals surface area contributed by atoms with Crippen LogP contribution >= 0.6 is 12.0 Å². The van der Waals surface area contributed by atoms with Crippen LogP contribution in [0.3, 0.4) is 0 Å². The quantitative estimate of drug-likeness (QED) is 0.663. The van der Waals surface area contributed by atoms with Crippen molar-refractivity contribution in [3.8, 4) is 0 Å². The first-order valence-corrected chi connectivity index (χ1v) is 10.9. The van der Waals surface area contributed by atoms with Gasteiger partial charge in [-0.3, -0.25) is 9.52 Å². The van der Waals surface area contributed by atoms with E-state index in [9.17, 15) is 22.4 Å². The molecule has 0 saturated heterocycles. The van der Waals surface area contributed by atoms with Crippen LogP contribution in [0, 0.1) is 5.82 Å². The van der Waals surface area contributed by atoms with Crippen molar-refractivity contribution in [3.63, 3.8) is 0 Å².